The van der Waals surface area contributed by atoms with E-state index < -0.39 is 0 Å². The van der Waals surface area contributed by atoms with Crippen LogP contribution in [0.2, 0.25) is 0 Å². The second kappa shape index (κ2) is 7.57. The van der Waals surface area contributed by atoms with Crippen LogP contribution >= 0.6 is 0 Å². The van der Waals surface area contributed by atoms with Crippen LogP contribution in [0, 0.1) is 5.92 Å². The first kappa shape index (κ1) is 15.2. The third-order valence-electron chi connectivity index (χ3n) is 3.82. The zero-order valence-corrected chi connectivity index (χ0v) is 12.7. The molecule has 1 aromatic rings. The highest BCUT2D eigenvalue weighted by Crippen LogP contribution is 2.27. The van der Waals surface area contributed by atoms with E-state index >= 15 is 0 Å². The Hall–Kier alpha value is -0.830. The van der Waals surface area contributed by atoms with Gasteiger partial charge in [0.1, 0.15) is 0 Å². The summed E-state index contributed by atoms with van der Waals surface area (Å²) in [6.45, 7) is 9.97. The monoisotopic (exact) mass is 251 g/mol. The van der Waals surface area contributed by atoms with E-state index in [1.54, 1.807) is 0 Å². The van der Waals surface area contributed by atoms with E-state index in [0.717, 1.165) is 18.9 Å². The van der Waals surface area contributed by atoms with Gasteiger partial charge in [0.2, 0.25) is 0 Å². The molecule has 104 valence electrons. The number of hydrogen-bond acceptors (Lipinski definition) is 2. The summed E-state index contributed by atoms with van der Waals surface area (Å²) < 4.78 is 1.95. The van der Waals surface area contributed by atoms with Crippen molar-refractivity contribution in [1.82, 2.24) is 15.1 Å². The first-order valence-corrected chi connectivity index (χ1v) is 7.41. The van der Waals surface area contributed by atoms with E-state index in [4.69, 9.17) is 0 Å². The normalized spacial score (nSPS) is 13.2. The van der Waals surface area contributed by atoms with Crippen LogP contribution in [0.15, 0.2) is 6.20 Å². The molecule has 3 heteroatoms. The van der Waals surface area contributed by atoms with Gasteiger partial charge in [-0.3, -0.25) is 4.68 Å². The second-order valence-electron chi connectivity index (χ2n) is 5.09. The maximum Gasteiger partial charge on any atom is 0.0669 e. The number of aryl methyl sites for hydroxylation is 2. The molecule has 1 unspecified atom stereocenters. The largest absolute Gasteiger partial charge is 0.310 e. The Bertz CT molecular complexity index is 340. The van der Waals surface area contributed by atoms with E-state index in [0.29, 0.717) is 6.04 Å². The molecule has 0 bridgehead atoms. The predicted octanol–water partition coefficient (Wildman–Crippen LogP) is 3.46. The minimum Gasteiger partial charge on any atom is -0.310 e. The fourth-order valence-electron chi connectivity index (χ4n) is 2.64. The lowest BCUT2D eigenvalue weighted by Crippen LogP contribution is -2.24. The van der Waals surface area contributed by atoms with Gasteiger partial charge >= 0.3 is 0 Å². The Labute approximate surface area is 112 Å². The highest BCUT2D eigenvalue weighted by Gasteiger charge is 2.19. The Balaban J connectivity index is 2.88. The van der Waals surface area contributed by atoms with Crippen LogP contribution in [0.1, 0.15) is 64.3 Å². The lowest BCUT2D eigenvalue weighted by Gasteiger charge is -2.22. The number of rotatable bonds is 8. The molecule has 0 aliphatic carbocycles. The third kappa shape index (κ3) is 3.84. The molecule has 18 heavy (non-hydrogen) atoms. The summed E-state index contributed by atoms with van der Waals surface area (Å²) in [5.74, 6) is 0.805. The Morgan fingerprint density at radius 2 is 1.89 bits per heavy atom. The first-order chi connectivity index (χ1) is 8.65. The van der Waals surface area contributed by atoms with E-state index in [1.165, 1.54) is 30.5 Å². The average Bonchev–Trinajstić information content (AvgIpc) is 2.75. The molecule has 0 radical (unpaired) electrons. The fourth-order valence-corrected chi connectivity index (χ4v) is 2.64. The highest BCUT2D eigenvalue weighted by atomic mass is 15.3. The van der Waals surface area contributed by atoms with Gasteiger partial charge in [0.15, 0.2) is 0 Å². The quantitative estimate of drug-likeness (QED) is 0.767. The van der Waals surface area contributed by atoms with Crippen LogP contribution in [-0.2, 0) is 13.5 Å². The van der Waals surface area contributed by atoms with Crippen molar-refractivity contribution in [3.63, 3.8) is 0 Å². The van der Waals surface area contributed by atoms with Crippen molar-refractivity contribution in [3.8, 4) is 0 Å². The Kier molecular flexibility index (Phi) is 6.41. The molecular formula is C15H29N3. The summed E-state index contributed by atoms with van der Waals surface area (Å²) in [5, 5.41) is 8.20. The summed E-state index contributed by atoms with van der Waals surface area (Å²) in [6.07, 6.45) is 6.95. The predicted molar refractivity (Wildman–Crippen MR) is 77.7 cm³/mol. The zero-order valence-electron chi connectivity index (χ0n) is 12.7. The minimum atomic E-state index is 0.462. The van der Waals surface area contributed by atoms with Crippen molar-refractivity contribution in [3.05, 3.63) is 17.5 Å². The molecule has 0 aliphatic rings. The lowest BCUT2D eigenvalue weighted by molar-refractivity contribution is 0.374. The molecule has 1 heterocycles. The van der Waals surface area contributed by atoms with Gasteiger partial charge in [-0.25, -0.2) is 0 Å². The van der Waals surface area contributed by atoms with Crippen LogP contribution < -0.4 is 5.32 Å². The smallest absolute Gasteiger partial charge is 0.0669 e. The van der Waals surface area contributed by atoms with Crippen LogP contribution in [-0.4, -0.2) is 16.3 Å². The van der Waals surface area contributed by atoms with Gasteiger partial charge in [-0.2, -0.15) is 5.10 Å². The summed E-state index contributed by atoms with van der Waals surface area (Å²) >= 11 is 0. The maximum atomic E-state index is 4.57. The lowest BCUT2D eigenvalue weighted by atomic mass is 9.91. The molecule has 0 aliphatic heterocycles. The van der Waals surface area contributed by atoms with E-state index in [9.17, 15) is 0 Å². The van der Waals surface area contributed by atoms with Crippen molar-refractivity contribution in [2.45, 2.75) is 59.4 Å². The Morgan fingerprint density at radius 3 is 2.39 bits per heavy atom. The summed E-state index contributed by atoms with van der Waals surface area (Å²) in [7, 11) is 2.02. The molecule has 0 amide bonds. The fraction of sp³-hybridized carbons (Fsp3) is 0.800. The van der Waals surface area contributed by atoms with Gasteiger partial charge in [0.25, 0.3) is 0 Å². The first-order valence-electron chi connectivity index (χ1n) is 7.41. The number of nitrogens with one attached hydrogen (secondary N) is 1. The van der Waals surface area contributed by atoms with E-state index in [1.807, 2.05) is 11.7 Å². The average molecular weight is 251 g/mol. The van der Waals surface area contributed by atoms with Gasteiger partial charge in [-0.1, -0.05) is 40.5 Å². The maximum absolute atomic E-state index is 4.57. The molecule has 1 N–H and O–H groups in total. The summed E-state index contributed by atoms with van der Waals surface area (Å²) in [6, 6.07) is 0.462. The molecule has 0 saturated carbocycles. The van der Waals surface area contributed by atoms with E-state index in [2.05, 4.69) is 44.3 Å². The van der Waals surface area contributed by atoms with Gasteiger partial charge in [-0.15, -0.1) is 0 Å². The molecule has 3 nitrogen and oxygen atoms in total. The molecular weight excluding hydrogens is 222 g/mol. The highest BCUT2D eigenvalue weighted by molar-refractivity contribution is 5.21. The van der Waals surface area contributed by atoms with Crippen LogP contribution in [0.3, 0.4) is 0 Å². The third-order valence-corrected chi connectivity index (χ3v) is 3.82. The second-order valence-corrected chi connectivity index (χ2v) is 5.09. The Morgan fingerprint density at radius 1 is 1.22 bits per heavy atom. The summed E-state index contributed by atoms with van der Waals surface area (Å²) in [5.41, 5.74) is 2.64. The number of hydrogen-bond donors (Lipinski definition) is 1. The van der Waals surface area contributed by atoms with E-state index in [-0.39, 0.29) is 0 Å². The van der Waals surface area contributed by atoms with Crippen molar-refractivity contribution >= 4 is 0 Å². The van der Waals surface area contributed by atoms with Gasteiger partial charge in [-0.05, 0) is 25.3 Å². The molecule has 0 aromatic carbocycles. The topological polar surface area (TPSA) is 29.9 Å². The van der Waals surface area contributed by atoms with Crippen molar-refractivity contribution in [1.29, 1.82) is 0 Å². The van der Waals surface area contributed by atoms with Crippen molar-refractivity contribution in [2.75, 3.05) is 6.54 Å². The molecule has 0 saturated heterocycles. The number of nitrogens with zero attached hydrogens (tertiary/aromatic N) is 2. The van der Waals surface area contributed by atoms with Crippen molar-refractivity contribution in [2.24, 2.45) is 13.0 Å². The standard InChI is InChI=1S/C15H29N3/c1-6-12(7-2)10-15(16-9-4)13-11-18(5)17-14(13)8-3/h11-12,15-16H,6-10H2,1-5H3. The van der Waals surface area contributed by atoms with Crippen LogP contribution in [0.4, 0.5) is 0 Å². The van der Waals surface area contributed by atoms with Crippen LogP contribution in [0.5, 0.6) is 0 Å². The SMILES string of the molecule is CCNC(CC(CC)CC)c1cn(C)nc1CC. The molecule has 1 rings (SSSR count). The molecule has 1 atom stereocenters. The van der Waals surface area contributed by atoms with Gasteiger partial charge < -0.3 is 5.32 Å². The molecule has 0 fully saturated rings. The minimum absolute atomic E-state index is 0.462. The van der Waals surface area contributed by atoms with Crippen LogP contribution in [0.25, 0.3) is 0 Å². The van der Waals surface area contributed by atoms with Gasteiger partial charge in [0, 0.05) is 24.8 Å². The molecule has 1 aromatic heterocycles. The van der Waals surface area contributed by atoms with Gasteiger partial charge in [0.05, 0.1) is 5.69 Å². The zero-order chi connectivity index (χ0) is 13.5. The molecule has 0 spiro atoms. The summed E-state index contributed by atoms with van der Waals surface area (Å²) in [4.78, 5) is 0. The number of aromatic nitrogens is 2. The van der Waals surface area contributed by atoms with Crippen molar-refractivity contribution < 1.29 is 0 Å².